The van der Waals surface area contributed by atoms with Crippen LogP contribution in [0.1, 0.15) is 22.9 Å². The quantitative estimate of drug-likeness (QED) is 0.280. The number of fused-ring (bicyclic) bond motifs is 1. The summed E-state index contributed by atoms with van der Waals surface area (Å²) in [5.74, 6) is 0.707. The number of aromatic nitrogens is 2. The van der Waals surface area contributed by atoms with Gasteiger partial charge in [-0.05, 0) is 69.7 Å². The van der Waals surface area contributed by atoms with Crippen LogP contribution in [0.5, 0.6) is 5.75 Å². The Morgan fingerprint density at radius 1 is 1.09 bits per heavy atom. The van der Waals surface area contributed by atoms with Crippen LogP contribution >= 0.6 is 23.1 Å². The van der Waals surface area contributed by atoms with E-state index in [-0.39, 0.29) is 17.2 Å². The molecular formula is C25H25N3O3S2. The zero-order valence-corrected chi connectivity index (χ0v) is 20.6. The van der Waals surface area contributed by atoms with Crippen LogP contribution in [0.4, 0.5) is 5.69 Å². The fourth-order valence-electron chi connectivity index (χ4n) is 3.42. The van der Waals surface area contributed by atoms with Crippen LogP contribution in [0, 0.1) is 20.8 Å². The van der Waals surface area contributed by atoms with E-state index in [2.05, 4.69) is 5.32 Å². The Kier molecular flexibility index (Phi) is 6.85. The maximum absolute atomic E-state index is 13.5. The van der Waals surface area contributed by atoms with Gasteiger partial charge in [-0.1, -0.05) is 29.5 Å². The minimum atomic E-state index is -0.174. The highest BCUT2D eigenvalue weighted by molar-refractivity contribution is 7.99. The molecule has 170 valence electrons. The van der Waals surface area contributed by atoms with E-state index in [0.717, 1.165) is 27.4 Å². The smallest absolute Gasteiger partial charge is 0.267 e. The normalized spacial score (nSPS) is 11.0. The standard InChI is InChI=1S/C25H25N3O3S2/c1-5-31-20-12-8-18(9-13-20)26-21(29)14-32-25-27-23-22(16(3)17(4)33-23)24(30)28(25)19-10-6-15(2)7-11-19/h6-13H,5,14H2,1-4H3,(H,26,29). The molecule has 0 bridgehead atoms. The van der Waals surface area contributed by atoms with Crippen molar-refractivity contribution in [2.45, 2.75) is 32.9 Å². The zero-order chi connectivity index (χ0) is 23.5. The monoisotopic (exact) mass is 479 g/mol. The number of hydrogen-bond donors (Lipinski definition) is 1. The summed E-state index contributed by atoms with van der Waals surface area (Å²) in [6.45, 7) is 8.46. The van der Waals surface area contributed by atoms with Gasteiger partial charge in [0.2, 0.25) is 5.91 Å². The number of benzene rings is 2. The van der Waals surface area contributed by atoms with Crippen LogP contribution in [0.15, 0.2) is 58.5 Å². The Bertz CT molecular complexity index is 1360. The van der Waals surface area contributed by atoms with Crippen LogP contribution in [-0.2, 0) is 4.79 Å². The van der Waals surface area contributed by atoms with Crippen molar-refractivity contribution in [3.8, 4) is 11.4 Å². The predicted octanol–water partition coefficient (Wildman–Crippen LogP) is 5.50. The minimum Gasteiger partial charge on any atom is -0.494 e. The number of nitrogens with one attached hydrogen (secondary N) is 1. The van der Waals surface area contributed by atoms with Gasteiger partial charge < -0.3 is 10.1 Å². The molecule has 4 rings (SSSR count). The maximum atomic E-state index is 13.5. The third kappa shape index (κ3) is 4.96. The number of nitrogens with zero attached hydrogens (tertiary/aromatic N) is 2. The van der Waals surface area contributed by atoms with Crippen LogP contribution < -0.4 is 15.6 Å². The molecule has 1 amide bonds. The number of anilines is 1. The molecule has 0 unspecified atom stereocenters. The molecule has 8 heteroatoms. The summed E-state index contributed by atoms with van der Waals surface area (Å²) in [5.41, 5.74) is 3.37. The lowest BCUT2D eigenvalue weighted by Gasteiger charge is -2.13. The van der Waals surface area contributed by atoms with Crippen molar-refractivity contribution >= 4 is 44.9 Å². The highest BCUT2D eigenvalue weighted by atomic mass is 32.2. The first-order valence-electron chi connectivity index (χ1n) is 10.6. The second-order valence-corrected chi connectivity index (χ2v) is 9.77. The predicted molar refractivity (Wildman–Crippen MR) is 136 cm³/mol. The summed E-state index contributed by atoms with van der Waals surface area (Å²) in [7, 11) is 0. The van der Waals surface area contributed by atoms with Gasteiger partial charge in [-0.3, -0.25) is 14.2 Å². The Morgan fingerprint density at radius 3 is 2.45 bits per heavy atom. The van der Waals surface area contributed by atoms with Crippen LogP contribution in [0.3, 0.4) is 0 Å². The number of hydrogen-bond acceptors (Lipinski definition) is 6. The SMILES string of the molecule is CCOc1ccc(NC(=O)CSc2nc3sc(C)c(C)c3c(=O)n2-c2ccc(C)cc2)cc1. The average molecular weight is 480 g/mol. The zero-order valence-electron chi connectivity index (χ0n) is 19.0. The van der Waals surface area contributed by atoms with Gasteiger partial charge in [-0.15, -0.1) is 11.3 Å². The Hall–Kier alpha value is -3.10. The lowest BCUT2D eigenvalue weighted by molar-refractivity contribution is -0.113. The molecule has 33 heavy (non-hydrogen) atoms. The van der Waals surface area contributed by atoms with Crippen LogP contribution in [0.25, 0.3) is 15.9 Å². The van der Waals surface area contributed by atoms with E-state index in [0.29, 0.717) is 27.7 Å². The van der Waals surface area contributed by atoms with Crippen molar-refractivity contribution in [2.75, 3.05) is 17.7 Å². The molecule has 0 saturated carbocycles. The van der Waals surface area contributed by atoms with E-state index in [1.54, 1.807) is 16.7 Å². The van der Waals surface area contributed by atoms with E-state index in [9.17, 15) is 9.59 Å². The number of aryl methyl sites for hydroxylation is 3. The topological polar surface area (TPSA) is 73.2 Å². The summed E-state index contributed by atoms with van der Waals surface area (Å²) in [5, 5.41) is 4.02. The number of thiophene rings is 1. The van der Waals surface area contributed by atoms with Crippen LogP contribution in [-0.4, -0.2) is 27.8 Å². The lowest BCUT2D eigenvalue weighted by atomic mass is 10.2. The molecule has 0 atom stereocenters. The van der Waals surface area contributed by atoms with Gasteiger partial charge in [0.25, 0.3) is 5.56 Å². The van der Waals surface area contributed by atoms with Gasteiger partial charge in [0, 0.05) is 10.6 Å². The molecule has 0 aliphatic rings. The first kappa shape index (κ1) is 23.1. The number of carbonyl (C=O) groups is 1. The molecule has 0 radical (unpaired) electrons. The van der Waals surface area contributed by atoms with Crippen molar-refractivity contribution in [1.82, 2.24) is 9.55 Å². The fraction of sp³-hybridized carbons (Fsp3) is 0.240. The van der Waals surface area contributed by atoms with E-state index in [4.69, 9.17) is 9.72 Å². The summed E-state index contributed by atoms with van der Waals surface area (Å²) in [4.78, 5) is 32.7. The molecule has 0 aliphatic heterocycles. The Labute approximate surface area is 200 Å². The second kappa shape index (κ2) is 9.80. The van der Waals surface area contributed by atoms with Gasteiger partial charge in [-0.2, -0.15) is 0 Å². The average Bonchev–Trinajstić information content (AvgIpc) is 3.08. The van der Waals surface area contributed by atoms with Gasteiger partial charge in [0.1, 0.15) is 10.6 Å². The van der Waals surface area contributed by atoms with Crippen LogP contribution in [0.2, 0.25) is 0 Å². The summed E-state index contributed by atoms with van der Waals surface area (Å²) >= 11 is 2.76. The molecule has 0 aliphatic carbocycles. The summed E-state index contributed by atoms with van der Waals surface area (Å²) < 4.78 is 7.04. The molecular weight excluding hydrogens is 454 g/mol. The molecule has 2 heterocycles. The largest absolute Gasteiger partial charge is 0.494 e. The van der Waals surface area contributed by atoms with E-state index >= 15 is 0 Å². The van der Waals surface area contributed by atoms with Crippen molar-refractivity contribution in [2.24, 2.45) is 0 Å². The fourth-order valence-corrected chi connectivity index (χ4v) is 5.31. The molecule has 2 aromatic heterocycles. The second-order valence-electron chi connectivity index (χ2n) is 7.63. The van der Waals surface area contributed by atoms with Crippen molar-refractivity contribution in [3.05, 3.63) is 74.9 Å². The number of carbonyl (C=O) groups excluding carboxylic acids is 1. The minimum absolute atomic E-state index is 0.111. The van der Waals surface area contributed by atoms with Gasteiger partial charge in [-0.25, -0.2) is 4.98 Å². The first-order valence-corrected chi connectivity index (χ1v) is 12.4. The third-order valence-electron chi connectivity index (χ3n) is 5.25. The van der Waals surface area contributed by atoms with Crippen molar-refractivity contribution in [1.29, 1.82) is 0 Å². The van der Waals surface area contributed by atoms with Gasteiger partial charge >= 0.3 is 0 Å². The first-order chi connectivity index (χ1) is 15.9. The number of amides is 1. The summed E-state index contributed by atoms with van der Waals surface area (Å²) in [6.07, 6.45) is 0. The number of thioether (sulfide) groups is 1. The van der Waals surface area contributed by atoms with Crippen molar-refractivity contribution in [3.63, 3.8) is 0 Å². The molecule has 0 saturated heterocycles. The molecule has 0 spiro atoms. The maximum Gasteiger partial charge on any atom is 0.267 e. The molecule has 0 fully saturated rings. The van der Waals surface area contributed by atoms with Crippen molar-refractivity contribution < 1.29 is 9.53 Å². The lowest BCUT2D eigenvalue weighted by Crippen LogP contribution is -2.22. The number of ether oxygens (including phenoxy) is 1. The molecule has 4 aromatic rings. The molecule has 6 nitrogen and oxygen atoms in total. The Morgan fingerprint density at radius 2 is 1.79 bits per heavy atom. The van der Waals surface area contributed by atoms with Gasteiger partial charge in [0.15, 0.2) is 5.16 Å². The molecule has 2 aromatic carbocycles. The highest BCUT2D eigenvalue weighted by Gasteiger charge is 2.19. The molecule has 1 N–H and O–H groups in total. The number of rotatable bonds is 7. The van der Waals surface area contributed by atoms with E-state index in [1.807, 2.05) is 64.1 Å². The van der Waals surface area contributed by atoms with Gasteiger partial charge in [0.05, 0.1) is 23.4 Å². The third-order valence-corrected chi connectivity index (χ3v) is 7.29. The summed E-state index contributed by atoms with van der Waals surface area (Å²) in [6, 6.07) is 15.0. The van der Waals surface area contributed by atoms with E-state index in [1.165, 1.54) is 23.1 Å². The van der Waals surface area contributed by atoms with E-state index < -0.39 is 0 Å². The highest BCUT2D eigenvalue weighted by Crippen LogP contribution is 2.29. The Balaban J connectivity index is 1.62.